The Bertz CT molecular complexity index is 1410. The molecule has 1 aromatic heterocycles. The Kier molecular flexibility index (Phi) is 6.69. The van der Waals surface area contributed by atoms with Gasteiger partial charge in [0, 0.05) is 63.5 Å². The van der Waals surface area contributed by atoms with Gasteiger partial charge in [0.2, 0.25) is 0 Å². The highest BCUT2D eigenvalue weighted by Gasteiger charge is 2.45. The summed E-state index contributed by atoms with van der Waals surface area (Å²) in [5.41, 5.74) is 5.97. The molecule has 5 heterocycles. The average molecular weight is 525 g/mol. The van der Waals surface area contributed by atoms with Gasteiger partial charge in [0.1, 0.15) is 17.7 Å². The number of para-hydroxylation sites is 1. The molecule has 0 N–H and O–H groups in total. The highest BCUT2D eigenvalue weighted by molar-refractivity contribution is 5.96. The Morgan fingerprint density at radius 3 is 2.44 bits per heavy atom. The van der Waals surface area contributed by atoms with Crippen LogP contribution in [0.2, 0.25) is 0 Å². The molecule has 2 atom stereocenters. The molecule has 2 bridgehead atoms. The van der Waals surface area contributed by atoms with E-state index in [9.17, 15) is 14.4 Å². The van der Waals surface area contributed by atoms with Crippen molar-refractivity contribution in [1.82, 2.24) is 14.8 Å². The lowest BCUT2D eigenvalue weighted by atomic mass is 9.85. The molecule has 4 fully saturated rings. The molecular formula is C31H33FN6O. The normalized spacial score (nSPS) is 20.9. The number of piperidine rings is 1. The summed E-state index contributed by atoms with van der Waals surface area (Å²) in [6, 6.07) is 18.5. The number of benzene rings is 2. The summed E-state index contributed by atoms with van der Waals surface area (Å²) < 4.78 is 13.2. The predicted octanol–water partition coefficient (Wildman–Crippen LogP) is 4.13. The van der Waals surface area contributed by atoms with E-state index in [2.05, 4.69) is 44.8 Å². The van der Waals surface area contributed by atoms with E-state index in [-0.39, 0.29) is 11.7 Å². The second kappa shape index (κ2) is 10.3. The number of fused-ring (bicyclic) bond motifs is 2. The molecule has 0 saturated carbocycles. The van der Waals surface area contributed by atoms with E-state index in [1.807, 2.05) is 36.1 Å². The molecular weight excluding hydrogens is 491 g/mol. The Labute approximate surface area is 229 Å². The van der Waals surface area contributed by atoms with Crippen molar-refractivity contribution in [3.05, 3.63) is 88.4 Å². The molecule has 200 valence electrons. The van der Waals surface area contributed by atoms with E-state index < -0.39 is 0 Å². The number of nitriles is 1. The molecule has 7 nitrogen and oxygen atoms in total. The number of amides is 1. The largest absolute Gasteiger partial charge is 0.367 e. The number of rotatable bonds is 5. The summed E-state index contributed by atoms with van der Waals surface area (Å²) >= 11 is 0. The molecule has 2 unspecified atom stereocenters. The van der Waals surface area contributed by atoms with Gasteiger partial charge in [-0.25, -0.2) is 9.37 Å². The van der Waals surface area contributed by atoms with E-state index >= 15 is 0 Å². The summed E-state index contributed by atoms with van der Waals surface area (Å²) in [4.78, 5) is 26.7. The molecule has 4 saturated heterocycles. The number of hydrogen-bond donors (Lipinski definition) is 0. The molecule has 0 aliphatic carbocycles. The zero-order valence-electron chi connectivity index (χ0n) is 22.5. The fourth-order valence-electron chi connectivity index (χ4n) is 6.34. The molecule has 2 aromatic carbocycles. The van der Waals surface area contributed by atoms with Crippen LogP contribution in [0.15, 0.2) is 54.7 Å². The van der Waals surface area contributed by atoms with Crippen molar-refractivity contribution in [2.45, 2.75) is 38.9 Å². The lowest BCUT2D eigenvalue weighted by Crippen LogP contribution is -2.68. The van der Waals surface area contributed by atoms with Gasteiger partial charge in [0.05, 0.1) is 17.4 Å². The number of nitrogens with zero attached hydrogens (tertiary/aromatic N) is 6. The third kappa shape index (κ3) is 4.83. The lowest BCUT2D eigenvalue weighted by molar-refractivity contribution is -0.00859. The predicted molar refractivity (Wildman–Crippen MR) is 149 cm³/mol. The van der Waals surface area contributed by atoms with Gasteiger partial charge >= 0.3 is 0 Å². The van der Waals surface area contributed by atoms with Crippen LogP contribution in [-0.2, 0) is 6.54 Å². The first-order valence-electron chi connectivity index (χ1n) is 13.7. The maximum Gasteiger partial charge on any atom is 0.254 e. The molecule has 3 aromatic rings. The number of hydrogen-bond acceptors (Lipinski definition) is 6. The summed E-state index contributed by atoms with van der Waals surface area (Å²) in [5, 5.41) is 9.53. The monoisotopic (exact) mass is 524 g/mol. The van der Waals surface area contributed by atoms with Gasteiger partial charge in [-0.3, -0.25) is 9.69 Å². The minimum atomic E-state index is -0.346. The SMILES string of the molecule is Cc1cc(C)c(C(=O)N2CCN(c3ccc(F)cn3)CC2)cc1CN1C2CC1CN(c1ccccc1C#N)C2. The quantitative estimate of drug-likeness (QED) is 0.500. The Balaban J connectivity index is 1.12. The van der Waals surface area contributed by atoms with E-state index in [0.717, 1.165) is 47.8 Å². The topological polar surface area (TPSA) is 66.7 Å². The number of aromatic nitrogens is 1. The molecule has 4 aliphatic heterocycles. The van der Waals surface area contributed by atoms with E-state index in [0.29, 0.717) is 38.3 Å². The first kappa shape index (κ1) is 25.3. The Morgan fingerprint density at radius 1 is 1.00 bits per heavy atom. The van der Waals surface area contributed by atoms with Crippen LogP contribution >= 0.6 is 0 Å². The van der Waals surface area contributed by atoms with Gasteiger partial charge in [-0.1, -0.05) is 18.2 Å². The van der Waals surface area contributed by atoms with Gasteiger partial charge in [-0.2, -0.15) is 5.26 Å². The smallest absolute Gasteiger partial charge is 0.254 e. The van der Waals surface area contributed by atoms with Crippen molar-refractivity contribution in [2.75, 3.05) is 49.1 Å². The van der Waals surface area contributed by atoms with Crippen molar-refractivity contribution in [2.24, 2.45) is 0 Å². The molecule has 39 heavy (non-hydrogen) atoms. The summed E-state index contributed by atoms with van der Waals surface area (Å²) in [7, 11) is 0. The van der Waals surface area contributed by atoms with E-state index in [4.69, 9.17) is 0 Å². The van der Waals surface area contributed by atoms with Gasteiger partial charge in [-0.05, 0) is 67.3 Å². The molecule has 4 aliphatic rings. The van der Waals surface area contributed by atoms with Gasteiger partial charge < -0.3 is 14.7 Å². The third-order valence-electron chi connectivity index (χ3n) is 8.58. The number of piperazine rings is 2. The maximum absolute atomic E-state index is 13.6. The Morgan fingerprint density at radius 2 is 1.74 bits per heavy atom. The molecule has 7 rings (SSSR count). The summed E-state index contributed by atoms with van der Waals surface area (Å²) in [6.45, 7) is 9.38. The highest BCUT2D eigenvalue weighted by atomic mass is 19.1. The summed E-state index contributed by atoms with van der Waals surface area (Å²) in [5.74, 6) is 0.470. The zero-order chi connectivity index (χ0) is 27.1. The van der Waals surface area contributed by atoms with Crippen molar-refractivity contribution in [1.29, 1.82) is 5.26 Å². The highest BCUT2D eigenvalue weighted by Crippen LogP contribution is 2.37. The Hall–Kier alpha value is -3.96. The van der Waals surface area contributed by atoms with Crippen molar-refractivity contribution < 1.29 is 9.18 Å². The second-order valence-corrected chi connectivity index (χ2v) is 11.0. The molecule has 0 spiro atoms. The second-order valence-electron chi connectivity index (χ2n) is 11.0. The number of pyridine rings is 1. The summed E-state index contributed by atoms with van der Waals surface area (Å²) in [6.07, 6.45) is 2.41. The lowest BCUT2D eigenvalue weighted by Gasteiger charge is -2.57. The number of carbonyl (C=O) groups is 1. The number of halogens is 1. The van der Waals surface area contributed by atoms with Crippen LogP contribution in [0.4, 0.5) is 15.9 Å². The van der Waals surface area contributed by atoms with Crippen molar-refractivity contribution >= 4 is 17.4 Å². The van der Waals surface area contributed by atoms with Crippen LogP contribution < -0.4 is 9.80 Å². The van der Waals surface area contributed by atoms with Crippen LogP contribution in [-0.4, -0.2) is 72.0 Å². The molecule has 0 radical (unpaired) electrons. The van der Waals surface area contributed by atoms with Crippen molar-refractivity contribution in [3.8, 4) is 6.07 Å². The fourth-order valence-corrected chi connectivity index (χ4v) is 6.34. The average Bonchev–Trinajstić information content (AvgIpc) is 2.97. The van der Waals surface area contributed by atoms with Crippen molar-refractivity contribution in [3.63, 3.8) is 0 Å². The van der Waals surface area contributed by atoms with Crippen LogP contribution in [0.1, 0.15) is 39.0 Å². The number of anilines is 2. The van der Waals surface area contributed by atoms with Crippen LogP contribution in [0.5, 0.6) is 0 Å². The maximum atomic E-state index is 13.6. The fraction of sp³-hybridized carbons (Fsp3) is 0.387. The standard InChI is InChI=1S/C31H33FN6O/c1-21-13-22(2)28(31(39)36-11-9-35(10-12-36)30-8-7-25(32)17-34-30)14-24(21)18-38-26-15-27(38)20-37(19-26)29-6-4-3-5-23(29)16-33/h3-8,13-14,17,26-27H,9-12,15,18-20H2,1-2H3. The molecule has 1 amide bonds. The first-order chi connectivity index (χ1) is 18.9. The first-order valence-corrected chi connectivity index (χ1v) is 13.7. The van der Waals surface area contributed by atoms with Gasteiger partial charge in [0.25, 0.3) is 5.91 Å². The minimum Gasteiger partial charge on any atom is -0.367 e. The van der Waals surface area contributed by atoms with Crippen LogP contribution in [0.3, 0.4) is 0 Å². The third-order valence-corrected chi connectivity index (χ3v) is 8.58. The number of aryl methyl sites for hydroxylation is 2. The van der Waals surface area contributed by atoms with E-state index in [1.54, 1.807) is 6.07 Å². The van der Waals surface area contributed by atoms with Crippen LogP contribution in [0.25, 0.3) is 0 Å². The minimum absolute atomic E-state index is 0.0727. The zero-order valence-corrected chi connectivity index (χ0v) is 22.5. The molecule has 8 heteroatoms. The number of carbonyl (C=O) groups excluding carboxylic acids is 1. The van der Waals surface area contributed by atoms with Crippen LogP contribution in [0, 0.1) is 31.0 Å². The van der Waals surface area contributed by atoms with Gasteiger partial charge in [-0.15, -0.1) is 0 Å². The van der Waals surface area contributed by atoms with E-state index in [1.165, 1.54) is 29.8 Å². The van der Waals surface area contributed by atoms with Gasteiger partial charge in [0.15, 0.2) is 0 Å².